The number of nitrogens with one attached hydrogen (secondary N) is 1. The van der Waals surface area contributed by atoms with Crippen molar-refractivity contribution in [3.8, 4) is 0 Å². The Morgan fingerprint density at radius 2 is 1.71 bits per heavy atom. The van der Waals surface area contributed by atoms with Gasteiger partial charge in [-0.15, -0.1) is 0 Å². The Morgan fingerprint density at radius 1 is 1.13 bits per heavy atom. The Kier molecular flexibility index (Phi) is 6.42. The van der Waals surface area contributed by atoms with Crippen LogP contribution in [-0.2, 0) is 23.9 Å². The fraction of sp³-hybridized carbons (Fsp3) is 0.500. The number of rotatable bonds is 7. The van der Waals surface area contributed by atoms with Crippen LogP contribution in [0.5, 0.6) is 0 Å². The van der Waals surface area contributed by atoms with Gasteiger partial charge in [0.05, 0.1) is 29.7 Å². The number of esters is 2. The molecule has 1 aliphatic heterocycles. The van der Waals surface area contributed by atoms with Gasteiger partial charge >= 0.3 is 11.9 Å². The fourth-order valence-electron chi connectivity index (χ4n) is 4.15. The van der Waals surface area contributed by atoms with Crippen LogP contribution in [0.25, 0.3) is 0 Å². The first-order valence-electron chi connectivity index (χ1n) is 10.3. The first-order chi connectivity index (χ1) is 14.7. The molecule has 3 atom stereocenters. The van der Waals surface area contributed by atoms with Crippen molar-refractivity contribution in [2.45, 2.75) is 46.6 Å². The Balaban J connectivity index is 1.66. The van der Waals surface area contributed by atoms with Crippen molar-refractivity contribution in [2.24, 2.45) is 11.8 Å². The van der Waals surface area contributed by atoms with E-state index in [1.54, 1.807) is 20.8 Å². The molecule has 1 aromatic heterocycles. The molecule has 166 valence electrons. The highest BCUT2D eigenvalue weighted by Gasteiger charge is 2.48. The van der Waals surface area contributed by atoms with Crippen LogP contribution in [0.15, 0.2) is 12.2 Å². The van der Waals surface area contributed by atoms with E-state index in [9.17, 15) is 24.0 Å². The zero-order chi connectivity index (χ0) is 22.9. The lowest BCUT2D eigenvalue weighted by molar-refractivity contribution is -0.154. The molecule has 2 amide bonds. The maximum atomic E-state index is 12.8. The number of aromatic amines is 1. The molecule has 0 bridgehead atoms. The van der Waals surface area contributed by atoms with Gasteiger partial charge in [-0.05, 0) is 46.1 Å². The molecule has 9 heteroatoms. The number of nitrogens with zero attached hydrogens (tertiary/aromatic N) is 1. The third-order valence-corrected chi connectivity index (χ3v) is 5.73. The minimum absolute atomic E-state index is 0.145. The lowest BCUT2D eigenvalue weighted by Gasteiger charge is -2.16. The molecule has 0 aromatic carbocycles. The lowest BCUT2D eigenvalue weighted by atomic mass is 9.85. The lowest BCUT2D eigenvalue weighted by Crippen LogP contribution is -2.38. The summed E-state index contributed by atoms with van der Waals surface area (Å²) in [7, 11) is 0. The number of hydrogen-bond donors (Lipinski definition) is 1. The van der Waals surface area contributed by atoms with Gasteiger partial charge in [-0.2, -0.15) is 0 Å². The van der Waals surface area contributed by atoms with E-state index in [1.807, 2.05) is 12.2 Å². The van der Waals surface area contributed by atoms with Crippen LogP contribution in [0, 0.1) is 25.7 Å². The summed E-state index contributed by atoms with van der Waals surface area (Å²) in [4.78, 5) is 66.0. The minimum atomic E-state index is -1.17. The van der Waals surface area contributed by atoms with Crippen LogP contribution in [0.4, 0.5) is 0 Å². The van der Waals surface area contributed by atoms with Crippen LogP contribution in [0.2, 0.25) is 0 Å². The number of amides is 2. The van der Waals surface area contributed by atoms with E-state index in [0.29, 0.717) is 24.1 Å². The van der Waals surface area contributed by atoms with E-state index < -0.39 is 42.2 Å². The van der Waals surface area contributed by atoms with Crippen LogP contribution in [0.3, 0.4) is 0 Å². The van der Waals surface area contributed by atoms with Crippen molar-refractivity contribution in [3.05, 3.63) is 34.7 Å². The third-order valence-electron chi connectivity index (χ3n) is 5.73. The smallest absolute Gasteiger partial charge is 0.340 e. The van der Waals surface area contributed by atoms with Crippen molar-refractivity contribution in [1.82, 2.24) is 9.88 Å². The van der Waals surface area contributed by atoms with Gasteiger partial charge in [-0.25, -0.2) is 4.79 Å². The summed E-state index contributed by atoms with van der Waals surface area (Å²) in [6.45, 7) is 6.01. The number of ether oxygens (including phenoxy) is 2. The number of fused-ring (bicyclic) bond motifs is 1. The second kappa shape index (κ2) is 8.87. The number of carbonyl (C=O) groups excluding carboxylic acids is 5. The summed E-state index contributed by atoms with van der Waals surface area (Å²) in [5, 5.41) is 0. The zero-order valence-electron chi connectivity index (χ0n) is 18.0. The van der Waals surface area contributed by atoms with Gasteiger partial charge in [0, 0.05) is 5.69 Å². The number of hydrogen-bond acceptors (Lipinski definition) is 7. The van der Waals surface area contributed by atoms with E-state index in [-0.39, 0.29) is 29.7 Å². The Bertz CT molecular complexity index is 949. The molecular weight excluding hydrogens is 404 g/mol. The summed E-state index contributed by atoms with van der Waals surface area (Å²) in [6, 6.07) is 0. The molecule has 31 heavy (non-hydrogen) atoms. The molecule has 0 saturated carbocycles. The van der Waals surface area contributed by atoms with Crippen molar-refractivity contribution in [1.29, 1.82) is 0 Å². The SMILES string of the molecule is CCOC(=O)c1c(C)[nH]c(C(=O)[C@@H](C)OC(=O)CN2C(=O)[C@H]3CC=CC[C@@H]3C2=O)c1C. The van der Waals surface area contributed by atoms with E-state index in [2.05, 4.69) is 4.98 Å². The van der Waals surface area contributed by atoms with Crippen molar-refractivity contribution >= 4 is 29.5 Å². The number of H-pyrrole nitrogens is 1. The van der Waals surface area contributed by atoms with E-state index >= 15 is 0 Å². The largest absolute Gasteiger partial charge is 0.462 e. The molecule has 3 rings (SSSR count). The quantitative estimate of drug-likeness (QED) is 0.303. The molecular formula is C22H26N2O7. The standard InChI is InChI=1S/C22H26N2O7/c1-5-30-22(29)17-11(2)18(23-12(17)3)19(26)13(4)31-16(25)10-24-20(27)14-8-6-7-9-15(14)21(24)28/h6-7,13-15,23H,5,8-10H2,1-4H3/t13-,14+,15+/m1/s1. The second-order valence-electron chi connectivity index (χ2n) is 7.76. The Labute approximate surface area is 179 Å². The first-order valence-corrected chi connectivity index (χ1v) is 10.3. The van der Waals surface area contributed by atoms with Gasteiger partial charge in [0.2, 0.25) is 17.6 Å². The van der Waals surface area contributed by atoms with Crippen LogP contribution < -0.4 is 0 Å². The highest BCUT2D eigenvalue weighted by Crippen LogP contribution is 2.34. The normalized spacial score (nSPS) is 21.1. The molecule has 9 nitrogen and oxygen atoms in total. The first kappa shape index (κ1) is 22.5. The molecule has 1 fully saturated rings. The minimum Gasteiger partial charge on any atom is -0.462 e. The molecule has 2 aliphatic rings. The predicted molar refractivity (Wildman–Crippen MR) is 108 cm³/mol. The fourth-order valence-corrected chi connectivity index (χ4v) is 4.15. The number of ketones is 1. The van der Waals surface area contributed by atoms with Crippen LogP contribution in [0.1, 0.15) is 58.8 Å². The van der Waals surface area contributed by atoms with Gasteiger partial charge in [0.25, 0.3) is 0 Å². The van der Waals surface area contributed by atoms with Crippen LogP contribution in [-0.4, -0.2) is 58.7 Å². The van der Waals surface area contributed by atoms with Gasteiger partial charge in [-0.3, -0.25) is 24.1 Å². The molecule has 2 heterocycles. The summed E-state index contributed by atoms with van der Waals surface area (Å²) >= 11 is 0. The summed E-state index contributed by atoms with van der Waals surface area (Å²) < 4.78 is 10.2. The molecule has 1 saturated heterocycles. The van der Waals surface area contributed by atoms with Crippen LogP contribution >= 0.6 is 0 Å². The molecule has 0 unspecified atom stereocenters. The van der Waals surface area contributed by atoms with Gasteiger partial charge < -0.3 is 14.5 Å². The monoisotopic (exact) mass is 430 g/mol. The number of aryl methyl sites for hydroxylation is 1. The number of imide groups is 1. The van der Waals surface area contributed by atoms with E-state index in [0.717, 1.165) is 4.90 Å². The Morgan fingerprint density at radius 3 is 2.26 bits per heavy atom. The summed E-state index contributed by atoms with van der Waals surface area (Å²) in [5.41, 5.74) is 1.30. The molecule has 0 spiro atoms. The average Bonchev–Trinajstić information content (AvgIpc) is 3.16. The van der Waals surface area contributed by atoms with Gasteiger partial charge in [-0.1, -0.05) is 12.2 Å². The highest BCUT2D eigenvalue weighted by molar-refractivity contribution is 6.08. The molecule has 1 aromatic rings. The topological polar surface area (TPSA) is 123 Å². The number of carbonyl (C=O) groups is 5. The Hall–Kier alpha value is -3.23. The van der Waals surface area contributed by atoms with Gasteiger partial charge in [0.15, 0.2) is 6.10 Å². The number of Topliss-reactive ketones (excluding diaryl/α,β-unsaturated/α-hetero) is 1. The van der Waals surface area contributed by atoms with Crippen molar-refractivity contribution in [3.63, 3.8) is 0 Å². The van der Waals surface area contributed by atoms with Gasteiger partial charge in [0.1, 0.15) is 6.54 Å². The average molecular weight is 430 g/mol. The maximum Gasteiger partial charge on any atom is 0.340 e. The summed E-state index contributed by atoms with van der Waals surface area (Å²) in [6.07, 6.45) is 3.50. The number of likely N-dealkylation sites (tertiary alicyclic amines) is 1. The highest BCUT2D eigenvalue weighted by atomic mass is 16.5. The maximum absolute atomic E-state index is 12.8. The van der Waals surface area contributed by atoms with Crippen molar-refractivity contribution in [2.75, 3.05) is 13.2 Å². The van der Waals surface area contributed by atoms with E-state index in [4.69, 9.17) is 9.47 Å². The molecule has 1 N–H and O–H groups in total. The third kappa shape index (κ3) is 4.17. The zero-order valence-corrected chi connectivity index (χ0v) is 18.0. The molecule has 1 aliphatic carbocycles. The number of allylic oxidation sites excluding steroid dienone is 2. The predicted octanol–water partition coefficient (Wildman–Crippen LogP) is 1.87. The second-order valence-corrected chi connectivity index (χ2v) is 7.76. The summed E-state index contributed by atoms with van der Waals surface area (Å²) in [5.74, 6) is -3.55. The number of aromatic nitrogens is 1. The van der Waals surface area contributed by atoms with Crippen molar-refractivity contribution < 1.29 is 33.4 Å². The van der Waals surface area contributed by atoms with E-state index in [1.165, 1.54) is 6.92 Å². The molecule has 0 radical (unpaired) electrons.